The zero-order chi connectivity index (χ0) is 13.4. The molecule has 0 bridgehead atoms. The molecule has 18 heavy (non-hydrogen) atoms. The Hall–Kier alpha value is -1.60. The van der Waals surface area contributed by atoms with Crippen LogP contribution in [0.4, 0.5) is 5.82 Å². The van der Waals surface area contributed by atoms with E-state index in [-0.39, 0.29) is 0 Å². The second-order valence-corrected chi connectivity index (χ2v) is 4.30. The Balaban J connectivity index is 2.40. The molecule has 0 aliphatic carbocycles. The maximum Gasteiger partial charge on any atom is 0.127 e. The lowest BCUT2D eigenvalue weighted by Crippen LogP contribution is -2.25. The summed E-state index contributed by atoms with van der Waals surface area (Å²) >= 11 is 0. The highest BCUT2D eigenvalue weighted by molar-refractivity contribution is 5.44. The second-order valence-electron chi connectivity index (χ2n) is 4.30. The monoisotopic (exact) mass is 246 g/mol. The molecule has 1 heterocycles. The summed E-state index contributed by atoms with van der Waals surface area (Å²) in [6.07, 6.45) is 1.08. The van der Waals surface area contributed by atoms with E-state index >= 15 is 0 Å². The first-order valence-corrected chi connectivity index (χ1v) is 6.54. The van der Waals surface area contributed by atoms with E-state index in [0.29, 0.717) is 5.56 Å². The Morgan fingerprint density at radius 1 is 1.33 bits per heavy atom. The van der Waals surface area contributed by atoms with E-state index in [1.165, 1.54) is 0 Å². The van der Waals surface area contributed by atoms with Crippen molar-refractivity contribution in [3.8, 4) is 6.07 Å². The molecule has 0 saturated carbocycles. The van der Waals surface area contributed by atoms with Gasteiger partial charge in [0.15, 0.2) is 0 Å². The van der Waals surface area contributed by atoms with Crippen LogP contribution in [-0.4, -0.2) is 36.1 Å². The van der Waals surface area contributed by atoms with Crippen molar-refractivity contribution >= 4 is 5.82 Å². The minimum absolute atomic E-state index is 0.661. The topological polar surface area (TPSA) is 52.0 Å². The fraction of sp³-hybridized carbons (Fsp3) is 0.571. The number of nitrogens with zero attached hydrogens (tertiary/aromatic N) is 3. The predicted octanol–water partition coefficient (Wildman–Crippen LogP) is 2.41. The van der Waals surface area contributed by atoms with Gasteiger partial charge in [-0.25, -0.2) is 4.98 Å². The van der Waals surface area contributed by atoms with Gasteiger partial charge in [0.1, 0.15) is 5.82 Å². The van der Waals surface area contributed by atoms with Crippen molar-refractivity contribution in [2.45, 2.75) is 27.2 Å². The molecule has 0 amide bonds. The molecule has 4 heteroatoms. The number of hydrogen-bond acceptors (Lipinski definition) is 4. The Kier molecular flexibility index (Phi) is 6.16. The van der Waals surface area contributed by atoms with E-state index in [2.05, 4.69) is 35.1 Å². The summed E-state index contributed by atoms with van der Waals surface area (Å²) in [5, 5.41) is 12.2. The predicted molar refractivity (Wildman–Crippen MR) is 74.6 cm³/mol. The van der Waals surface area contributed by atoms with Crippen molar-refractivity contribution in [2.24, 2.45) is 0 Å². The average molecular weight is 246 g/mol. The fourth-order valence-corrected chi connectivity index (χ4v) is 1.88. The third-order valence-electron chi connectivity index (χ3n) is 2.93. The quantitative estimate of drug-likeness (QED) is 0.751. The van der Waals surface area contributed by atoms with Crippen LogP contribution in [-0.2, 0) is 0 Å². The molecule has 4 nitrogen and oxygen atoms in total. The lowest BCUT2D eigenvalue weighted by Gasteiger charge is -2.17. The van der Waals surface area contributed by atoms with E-state index in [1.807, 2.05) is 6.92 Å². The van der Waals surface area contributed by atoms with Gasteiger partial charge >= 0.3 is 0 Å². The summed E-state index contributed by atoms with van der Waals surface area (Å²) in [6.45, 7) is 10.4. The third kappa shape index (κ3) is 4.72. The summed E-state index contributed by atoms with van der Waals surface area (Å²) < 4.78 is 0. The van der Waals surface area contributed by atoms with Gasteiger partial charge in [-0.2, -0.15) is 5.26 Å². The zero-order valence-corrected chi connectivity index (χ0v) is 11.5. The summed E-state index contributed by atoms with van der Waals surface area (Å²) in [5.74, 6) is 0.797. The number of aryl methyl sites for hydroxylation is 1. The van der Waals surface area contributed by atoms with Gasteiger partial charge in [0.25, 0.3) is 0 Å². The second kappa shape index (κ2) is 7.67. The van der Waals surface area contributed by atoms with E-state index in [0.717, 1.165) is 44.1 Å². The van der Waals surface area contributed by atoms with E-state index in [9.17, 15) is 0 Å². The first-order chi connectivity index (χ1) is 8.69. The Labute approximate surface area is 110 Å². The third-order valence-corrected chi connectivity index (χ3v) is 2.93. The van der Waals surface area contributed by atoms with Gasteiger partial charge in [-0.3, -0.25) is 0 Å². The minimum atomic E-state index is 0.661. The maximum atomic E-state index is 8.88. The molecule has 98 valence electrons. The Bertz CT molecular complexity index is 405. The van der Waals surface area contributed by atoms with Crippen molar-refractivity contribution in [1.29, 1.82) is 5.26 Å². The number of nitrogens with one attached hydrogen (secondary N) is 1. The van der Waals surface area contributed by atoms with Crippen molar-refractivity contribution in [3.63, 3.8) is 0 Å². The average Bonchev–Trinajstić information content (AvgIpc) is 2.38. The first-order valence-electron chi connectivity index (χ1n) is 6.54. The molecule has 0 atom stereocenters. The minimum Gasteiger partial charge on any atom is -0.370 e. The van der Waals surface area contributed by atoms with Crippen molar-refractivity contribution in [2.75, 3.05) is 31.5 Å². The van der Waals surface area contributed by atoms with Crippen molar-refractivity contribution in [1.82, 2.24) is 9.88 Å². The molecule has 0 unspecified atom stereocenters. The molecule has 0 aliphatic rings. The fourth-order valence-electron chi connectivity index (χ4n) is 1.88. The summed E-state index contributed by atoms with van der Waals surface area (Å²) in [4.78, 5) is 6.76. The molecule has 0 saturated heterocycles. The van der Waals surface area contributed by atoms with E-state index in [1.54, 1.807) is 12.1 Å². The van der Waals surface area contributed by atoms with Crippen LogP contribution < -0.4 is 5.32 Å². The van der Waals surface area contributed by atoms with E-state index < -0.39 is 0 Å². The largest absolute Gasteiger partial charge is 0.370 e. The van der Waals surface area contributed by atoms with Crippen LogP contribution in [0, 0.1) is 18.3 Å². The number of nitriles is 1. The lowest BCUT2D eigenvalue weighted by molar-refractivity contribution is 0.303. The van der Waals surface area contributed by atoms with Gasteiger partial charge in [0.2, 0.25) is 0 Å². The SMILES string of the molecule is CCN(CC)CCCNc1cc(C#N)cc(C)n1. The first kappa shape index (κ1) is 14.5. The molecule has 1 aromatic heterocycles. The highest BCUT2D eigenvalue weighted by atomic mass is 15.1. The molecule has 1 N–H and O–H groups in total. The van der Waals surface area contributed by atoms with Crippen LogP contribution in [0.15, 0.2) is 12.1 Å². The van der Waals surface area contributed by atoms with Gasteiger partial charge in [-0.15, -0.1) is 0 Å². The van der Waals surface area contributed by atoms with Crippen LogP contribution in [0.25, 0.3) is 0 Å². The number of anilines is 1. The zero-order valence-electron chi connectivity index (χ0n) is 11.5. The molecule has 0 radical (unpaired) electrons. The number of hydrogen-bond donors (Lipinski definition) is 1. The summed E-state index contributed by atoms with van der Waals surface area (Å²) in [7, 11) is 0. The number of rotatable bonds is 7. The van der Waals surface area contributed by atoms with Crippen LogP contribution >= 0.6 is 0 Å². The molecule has 0 aliphatic heterocycles. The van der Waals surface area contributed by atoms with Gasteiger partial charge in [-0.05, 0) is 45.1 Å². The molecule has 0 aromatic carbocycles. The standard InChI is InChI=1S/C14H22N4/c1-4-18(5-2)8-6-7-16-14-10-13(11-15)9-12(3)17-14/h9-10H,4-8H2,1-3H3,(H,16,17). The molecule has 0 spiro atoms. The number of pyridine rings is 1. The maximum absolute atomic E-state index is 8.88. The van der Waals surface area contributed by atoms with Crippen molar-refractivity contribution in [3.05, 3.63) is 23.4 Å². The highest BCUT2D eigenvalue weighted by Gasteiger charge is 2.01. The van der Waals surface area contributed by atoms with Crippen LogP contribution in [0.3, 0.4) is 0 Å². The smallest absolute Gasteiger partial charge is 0.127 e. The van der Waals surface area contributed by atoms with Gasteiger partial charge < -0.3 is 10.2 Å². The van der Waals surface area contributed by atoms with Gasteiger partial charge in [0.05, 0.1) is 11.6 Å². The summed E-state index contributed by atoms with van der Waals surface area (Å²) in [6, 6.07) is 5.74. The van der Waals surface area contributed by atoms with Crippen LogP contribution in [0.2, 0.25) is 0 Å². The Morgan fingerprint density at radius 2 is 2.06 bits per heavy atom. The normalized spacial score (nSPS) is 10.4. The van der Waals surface area contributed by atoms with Crippen molar-refractivity contribution < 1.29 is 0 Å². The molecule has 1 rings (SSSR count). The van der Waals surface area contributed by atoms with Gasteiger partial charge in [-0.1, -0.05) is 13.8 Å². The van der Waals surface area contributed by atoms with E-state index in [4.69, 9.17) is 5.26 Å². The summed E-state index contributed by atoms with van der Waals surface area (Å²) in [5.41, 5.74) is 1.54. The highest BCUT2D eigenvalue weighted by Crippen LogP contribution is 2.09. The molecule has 0 fully saturated rings. The lowest BCUT2D eigenvalue weighted by atomic mass is 10.2. The number of aromatic nitrogens is 1. The molecule has 1 aromatic rings. The molecular formula is C14H22N4. The van der Waals surface area contributed by atoms with Gasteiger partial charge in [0, 0.05) is 12.2 Å². The molecular weight excluding hydrogens is 224 g/mol. The Morgan fingerprint density at radius 3 is 2.67 bits per heavy atom. The van der Waals surface area contributed by atoms with Crippen LogP contribution in [0.5, 0.6) is 0 Å². The van der Waals surface area contributed by atoms with Crippen LogP contribution in [0.1, 0.15) is 31.5 Å².